The lowest BCUT2D eigenvalue weighted by Gasteiger charge is -2.08. The van der Waals surface area contributed by atoms with Gasteiger partial charge in [-0.1, -0.05) is 17.8 Å². The van der Waals surface area contributed by atoms with Gasteiger partial charge < -0.3 is 5.32 Å². The van der Waals surface area contributed by atoms with Crippen molar-refractivity contribution in [2.75, 3.05) is 5.32 Å². The average Bonchev–Trinajstić information content (AvgIpc) is 2.40. The van der Waals surface area contributed by atoms with E-state index in [2.05, 4.69) is 10.3 Å². The number of hydrogen-bond donors (Lipinski definition) is 1. The summed E-state index contributed by atoms with van der Waals surface area (Å²) in [6.07, 6.45) is -4.32. The van der Waals surface area contributed by atoms with E-state index in [9.17, 15) is 18.0 Å². The van der Waals surface area contributed by atoms with Crippen LogP contribution in [0, 0.1) is 0 Å². The van der Waals surface area contributed by atoms with Gasteiger partial charge in [-0.15, -0.1) is 0 Å². The number of hydrogen-bond acceptors (Lipinski definition) is 3. The highest BCUT2D eigenvalue weighted by Crippen LogP contribution is 2.27. The number of benzene rings is 1. The van der Waals surface area contributed by atoms with E-state index < -0.39 is 18.5 Å². The standard InChI is InChI=1S/C14H11F3N2OS/c15-14(16,17)9-12(20)19-10-4-6-11(7-5-10)21-13-3-1-2-8-18-13/h1-8H,9H2,(H,19,20). The smallest absolute Gasteiger partial charge is 0.326 e. The van der Waals surface area contributed by atoms with Crippen molar-refractivity contribution in [1.82, 2.24) is 4.98 Å². The number of nitrogens with zero attached hydrogens (tertiary/aromatic N) is 1. The van der Waals surface area contributed by atoms with E-state index in [1.54, 1.807) is 30.5 Å². The molecule has 0 fully saturated rings. The highest BCUT2D eigenvalue weighted by atomic mass is 32.2. The molecule has 3 nitrogen and oxygen atoms in total. The van der Waals surface area contributed by atoms with Gasteiger partial charge in [0.1, 0.15) is 11.4 Å². The molecule has 110 valence electrons. The molecule has 0 radical (unpaired) electrons. The second-order valence-corrected chi connectivity index (χ2v) is 5.23. The minimum Gasteiger partial charge on any atom is -0.326 e. The first-order valence-electron chi connectivity index (χ1n) is 5.98. The predicted octanol–water partition coefficient (Wildman–Crippen LogP) is 4.12. The normalized spacial score (nSPS) is 11.2. The SMILES string of the molecule is O=C(CC(F)(F)F)Nc1ccc(Sc2ccccn2)cc1. The van der Waals surface area contributed by atoms with Gasteiger partial charge in [0.05, 0.1) is 0 Å². The summed E-state index contributed by atoms with van der Waals surface area (Å²) < 4.78 is 36.1. The summed E-state index contributed by atoms with van der Waals surface area (Å²) in [6, 6.07) is 12.1. The summed E-state index contributed by atoms with van der Waals surface area (Å²) in [6.45, 7) is 0. The van der Waals surface area contributed by atoms with Crippen molar-refractivity contribution in [3.63, 3.8) is 0 Å². The maximum Gasteiger partial charge on any atom is 0.397 e. The number of amides is 1. The van der Waals surface area contributed by atoms with E-state index in [1.807, 2.05) is 18.2 Å². The number of anilines is 1. The molecule has 0 spiro atoms. The van der Waals surface area contributed by atoms with Crippen molar-refractivity contribution in [2.45, 2.75) is 22.5 Å². The predicted molar refractivity (Wildman–Crippen MR) is 74.1 cm³/mol. The molecule has 0 saturated carbocycles. The second kappa shape index (κ2) is 6.62. The van der Waals surface area contributed by atoms with Crippen molar-refractivity contribution in [3.8, 4) is 0 Å². The molecule has 0 aliphatic heterocycles. The van der Waals surface area contributed by atoms with Crippen LogP contribution in [-0.4, -0.2) is 17.1 Å². The Labute approximate surface area is 123 Å². The largest absolute Gasteiger partial charge is 0.397 e. The monoisotopic (exact) mass is 312 g/mol. The number of pyridine rings is 1. The van der Waals surface area contributed by atoms with E-state index in [0.29, 0.717) is 5.69 Å². The second-order valence-electron chi connectivity index (χ2n) is 4.13. The minimum absolute atomic E-state index is 0.328. The van der Waals surface area contributed by atoms with Crippen molar-refractivity contribution >= 4 is 23.4 Å². The van der Waals surface area contributed by atoms with Crippen molar-refractivity contribution < 1.29 is 18.0 Å². The number of alkyl halides is 3. The van der Waals surface area contributed by atoms with Gasteiger partial charge in [-0.25, -0.2) is 4.98 Å². The molecule has 7 heteroatoms. The van der Waals surface area contributed by atoms with E-state index in [4.69, 9.17) is 0 Å². The third-order valence-corrected chi connectivity index (χ3v) is 3.32. The third-order valence-electron chi connectivity index (χ3n) is 2.36. The van der Waals surface area contributed by atoms with E-state index >= 15 is 0 Å². The van der Waals surface area contributed by atoms with Crippen LogP contribution in [0.25, 0.3) is 0 Å². The first kappa shape index (κ1) is 15.4. The van der Waals surface area contributed by atoms with Crippen LogP contribution in [0.3, 0.4) is 0 Å². The van der Waals surface area contributed by atoms with Crippen LogP contribution >= 0.6 is 11.8 Å². The van der Waals surface area contributed by atoms with Crippen LogP contribution in [0.2, 0.25) is 0 Å². The molecule has 0 saturated heterocycles. The summed E-state index contributed by atoms with van der Waals surface area (Å²) in [4.78, 5) is 16.2. The number of halogens is 3. The number of aromatic nitrogens is 1. The fraction of sp³-hybridized carbons (Fsp3) is 0.143. The third kappa shape index (κ3) is 5.47. The van der Waals surface area contributed by atoms with Gasteiger partial charge in [-0.05, 0) is 36.4 Å². The zero-order chi connectivity index (χ0) is 15.3. The minimum atomic E-state index is -4.50. The zero-order valence-electron chi connectivity index (χ0n) is 10.7. The van der Waals surface area contributed by atoms with Gasteiger partial charge in [-0.2, -0.15) is 13.2 Å². The first-order valence-corrected chi connectivity index (χ1v) is 6.79. The Bertz CT molecular complexity index is 600. The van der Waals surface area contributed by atoms with Crippen molar-refractivity contribution in [2.24, 2.45) is 0 Å². The van der Waals surface area contributed by atoms with Gasteiger partial charge >= 0.3 is 6.18 Å². The molecule has 1 amide bonds. The Morgan fingerprint density at radius 1 is 1.14 bits per heavy atom. The molecule has 2 rings (SSSR count). The van der Waals surface area contributed by atoms with Crippen LogP contribution in [0.1, 0.15) is 6.42 Å². The Morgan fingerprint density at radius 3 is 2.43 bits per heavy atom. The topological polar surface area (TPSA) is 42.0 Å². The fourth-order valence-corrected chi connectivity index (χ4v) is 2.30. The van der Waals surface area contributed by atoms with Crippen molar-refractivity contribution in [1.29, 1.82) is 0 Å². The van der Waals surface area contributed by atoms with Gasteiger partial charge in [0.2, 0.25) is 5.91 Å². The molecule has 1 aromatic carbocycles. The lowest BCUT2D eigenvalue weighted by molar-refractivity contribution is -0.150. The Kier molecular flexibility index (Phi) is 4.85. The fourth-order valence-electron chi connectivity index (χ4n) is 1.52. The van der Waals surface area contributed by atoms with E-state index in [-0.39, 0.29) is 0 Å². The molecule has 0 aliphatic rings. The number of carbonyl (C=O) groups is 1. The van der Waals surface area contributed by atoms with Gasteiger partial charge in [-0.3, -0.25) is 4.79 Å². The van der Waals surface area contributed by atoms with Crippen LogP contribution < -0.4 is 5.32 Å². The Balaban J connectivity index is 1.95. The maximum absolute atomic E-state index is 12.0. The van der Waals surface area contributed by atoms with Gasteiger partial charge in [0.25, 0.3) is 0 Å². The van der Waals surface area contributed by atoms with Crippen LogP contribution in [0.5, 0.6) is 0 Å². The van der Waals surface area contributed by atoms with Gasteiger partial charge in [0.15, 0.2) is 0 Å². The van der Waals surface area contributed by atoms with Crippen LogP contribution in [0.4, 0.5) is 18.9 Å². The molecule has 1 N–H and O–H groups in total. The zero-order valence-corrected chi connectivity index (χ0v) is 11.5. The summed E-state index contributed by atoms with van der Waals surface area (Å²) in [5.41, 5.74) is 0.328. The molecular formula is C14H11F3N2OS. The van der Waals surface area contributed by atoms with Crippen molar-refractivity contribution in [3.05, 3.63) is 48.7 Å². The van der Waals surface area contributed by atoms with E-state index in [1.165, 1.54) is 11.8 Å². The Morgan fingerprint density at radius 2 is 1.86 bits per heavy atom. The lowest BCUT2D eigenvalue weighted by Crippen LogP contribution is -2.21. The average molecular weight is 312 g/mol. The molecule has 2 aromatic rings. The Hall–Kier alpha value is -2.02. The lowest BCUT2D eigenvalue weighted by atomic mass is 10.3. The molecule has 0 atom stereocenters. The van der Waals surface area contributed by atoms with Crippen LogP contribution in [0.15, 0.2) is 58.6 Å². The van der Waals surface area contributed by atoms with Crippen LogP contribution in [-0.2, 0) is 4.79 Å². The highest BCUT2D eigenvalue weighted by Gasteiger charge is 2.31. The molecule has 0 bridgehead atoms. The highest BCUT2D eigenvalue weighted by molar-refractivity contribution is 7.99. The number of nitrogens with one attached hydrogen (secondary N) is 1. The number of rotatable bonds is 4. The summed E-state index contributed by atoms with van der Waals surface area (Å²) in [7, 11) is 0. The maximum atomic E-state index is 12.0. The summed E-state index contributed by atoms with van der Waals surface area (Å²) >= 11 is 1.42. The summed E-state index contributed by atoms with van der Waals surface area (Å²) in [5, 5.41) is 3.02. The van der Waals surface area contributed by atoms with E-state index in [0.717, 1.165) is 9.92 Å². The molecule has 21 heavy (non-hydrogen) atoms. The molecule has 0 unspecified atom stereocenters. The quantitative estimate of drug-likeness (QED) is 0.923. The first-order chi connectivity index (χ1) is 9.92. The molecule has 1 aromatic heterocycles. The van der Waals surface area contributed by atoms with Gasteiger partial charge in [0, 0.05) is 16.8 Å². The molecule has 1 heterocycles. The molecule has 0 aliphatic carbocycles. The summed E-state index contributed by atoms with van der Waals surface area (Å²) in [5.74, 6) is -1.08. The molecular weight excluding hydrogens is 301 g/mol. The number of carbonyl (C=O) groups excluding carboxylic acids is 1.